The second kappa shape index (κ2) is 5.14. The van der Waals surface area contributed by atoms with E-state index in [-0.39, 0.29) is 29.2 Å². The Morgan fingerprint density at radius 2 is 2.29 bits per heavy atom. The zero-order valence-electron chi connectivity index (χ0n) is 11.3. The standard InChI is InChI=1S/C13H14ClFN2O3S/c1-20-12-5-11-10(4-9(12)15)16-13(6-14)17(11)8-2-3-21(18,19)7-8/h4-5,8H,2-3,6-7H2,1H3. The Labute approximate surface area is 126 Å². The van der Waals surface area contributed by atoms with Crippen molar-refractivity contribution < 1.29 is 17.5 Å². The third-order valence-electron chi connectivity index (χ3n) is 3.73. The molecule has 1 aromatic heterocycles. The molecule has 0 N–H and O–H groups in total. The van der Waals surface area contributed by atoms with E-state index >= 15 is 0 Å². The SMILES string of the molecule is COc1cc2c(cc1F)nc(CCl)n2C1CCS(=O)(=O)C1. The number of imidazole rings is 1. The Morgan fingerprint density at radius 3 is 2.86 bits per heavy atom. The van der Waals surface area contributed by atoms with Crippen molar-refractivity contribution in [3.8, 4) is 5.75 Å². The Hall–Kier alpha value is -1.34. The van der Waals surface area contributed by atoms with Gasteiger partial charge in [-0.3, -0.25) is 0 Å². The normalized spacial score (nSPS) is 21.0. The van der Waals surface area contributed by atoms with Gasteiger partial charge in [0.25, 0.3) is 0 Å². The van der Waals surface area contributed by atoms with Crippen molar-refractivity contribution >= 4 is 32.5 Å². The van der Waals surface area contributed by atoms with Crippen LogP contribution in [0.2, 0.25) is 0 Å². The highest BCUT2D eigenvalue weighted by Crippen LogP contribution is 2.32. The highest BCUT2D eigenvalue weighted by Gasteiger charge is 2.31. The first kappa shape index (κ1) is 14.6. The topological polar surface area (TPSA) is 61.2 Å². The number of halogens is 2. The molecular formula is C13H14ClFN2O3S. The molecule has 0 bridgehead atoms. The first-order valence-corrected chi connectivity index (χ1v) is 8.81. The van der Waals surface area contributed by atoms with E-state index in [9.17, 15) is 12.8 Å². The van der Waals surface area contributed by atoms with Crippen LogP contribution in [0.4, 0.5) is 4.39 Å². The van der Waals surface area contributed by atoms with Gasteiger partial charge in [0, 0.05) is 12.1 Å². The van der Waals surface area contributed by atoms with Gasteiger partial charge in [-0.1, -0.05) is 0 Å². The summed E-state index contributed by atoms with van der Waals surface area (Å²) in [5.74, 6) is 0.482. The quantitative estimate of drug-likeness (QED) is 0.809. The number of aromatic nitrogens is 2. The molecule has 0 spiro atoms. The molecule has 2 heterocycles. The maximum atomic E-state index is 13.8. The Bertz CT molecular complexity index is 803. The van der Waals surface area contributed by atoms with Crippen LogP contribution >= 0.6 is 11.6 Å². The highest BCUT2D eigenvalue weighted by atomic mass is 35.5. The molecule has 8 heteroatoms. The van der Waals surface area contributed by atoms with Gasteiger partial charge in [-0.15, -0.1) is 11.6 Å². The van der Waals surface area contributed by atoms with Gasteiger partial charge in [0.1, 0.15) is 5.82 Å². The average molecular weight is 333 g/mol. The number of alkyl halides is 1. The number of methoxy groups -OCH3 is 1. The summed E-state index contributed by atoms with van der Waals surface area (Å²) >= 11 is 5.91. The van der Waals surface area contributed by atoms with Crippen LogP contribution in [0.5, 0.6) is 5.75 Å². The summed E-state index contributed by atoms with van der Waals surface area (Å²) in [6, 6.07) is 2.60. The molecule has 5 nitrogen and oxygen atoms in total. The van der Waals surface area contributed by atoms with Gasteiger partial charge in [0.05, 0.1) is 41.6 Å². The van der Waals surface area contributed by atoms with Crippen LogP contribution in [0.25, 0.3) is 11.0 Å². The van der Waals surface area contributed by atoms with E-state index in [1.807, 2.05) is 0 Å². The molecule has 1 saturated heterocycles. The molecule has 0 aliphatic carbocycles. The summed E-state index contributed by atoms with van der Waals surface area (Å²) in [6.45, 7) is 0. The van der Waals surface area contributed by atoms with Gasteiger partial charge in [-0.25, -0.2) is 17.8 Å². The van der Waals surface area contributed by atoms with Crippen LogP contribution in [0.1, 0.15) is 18.3 Å². The van der Waals surface area contributed by atoms with Gasteiger partial charge >= 0.3 is 0 Å². The minimum Gasteiger partial charge on any atom is -0.494 e. The van der Waals surface area contributed by atoms with E-state index in [0.29, 0.717) is 23.3 Å². The molecule has 1 fully saturated rings. The van der Waals surface area contributed by atoms with Gasteiger partial charge in [0.15, 0.2) is 21.4 Å². The number of fused-ring (bicyclic) bond motifs is 1. The molecule has 1 aromatic carbocycles. The van der Waals surface area contributed by atoms with E-state index in [4.69, 9.17) is 16.3 Å². The lowest BCUT2D eigenvalue weighted by molar-refractivity contribution is 0.387. The van der Waals surface area contributed by atoms with E-state index in [1.54, 1.807) is 10.6 Å². The Morgan fingerprint density at radius 1 is 1.52 bits per heavy atom. The molecule has 21 heavy (non-hydrogen) atoms. The number of rotatable bonds is 3. The van der Waals surface area contributed by atoms with E-state index in [1.165, 1.54) is 13.2 Å². The average Bonchev–Trinajstić information content (AvgIpc) is 2.96. The molecule has 1 aliphatic rings. The van der Waals surface area contributed by atoms with E-state index in [2.05, 4.69) is 4.98 Å². The fourth-order valence-electron chi connectivity index (χ4n) is 2.78. The summed E-state index contributed by atoms with van der Waals surface area (Å²) in [7, 11) is -1.65. The number of ether oxygens (including phenoxy) is 1. The summed E-state index contributed by atoms with van der Waals surface area (Å²) < 4.78 is 43.9. The summed E-state index contributed by atoms with van der Waals surface area (Å²) in [4.78, 5) is 4.30. The summed E-state index contributed by atoms with van der Waals surface area (Å²) in [5, 5.41) is 0. The maximum absolute atomic E-state index is 13.8. The van der Waals surface area contributed by atoms with Crippen molar-refractivity contribution in [1.29, 1.82) is 0 Å². The minimum atomic E-state index is -3.04. The lowest BCUT2D eigenvalue weighted by Gasteiger charge is -2.14. The fourth-order valence-corrected chi connectivity index (χ4v) is 4.67. The van der Waals surface area contributed by atoms with Gasteiger partial charge in [-0.05, 0) is 6.42 Å². The second-order valence-corrected chi connectivity index (χ2v) is 7.56. The number of benzene rings is 1. The van der Waals surface area contributed by atoms with Gasteiger partial charge < -0.3 is 9.30 Å². The first-order valence-electron chi connectivity index (χ1n) is 6.46. The lowest BCUT2D eigenvalue weighted by Crippen LogP contribution is -2.13. The van der Waals surface area contributed by atoms with Crippen LogP contribution in [-0.4, -0.2) is 36.6 Å². The summed E-state index contributed by atoms with van der Waals surface area (Å²) in [6.07, 6.45) is 0.511. The van der Waals surface area contributed by atoms with Crippen LogP contribution in [-0.2, 0) is 15.7 Å². The van der Waals surface area contributed by atoms with Crippen molar-refractivity contribution in [2.75, 3.05) is 18.6 Å². The van der Waals surface area contributed by atoms with Crippen molar-refractivity contribution in [3.05, 3.63) is 23.8 Å². The van der Waals surface area contributed by atoms with Gasteiger partial charge in [-0.2, -0.15) is 0 Å². The Balaban J connectivity index is 2.20. The largest absolute Gasteiger partial charge is 0.494 e. The van der Waals surface area contributed by atoms with E-state index < -0.39 is 15.7 Å². The van der Waals surface area contributed by atoms with Crippen molar-refractivity contribution in [2.24, 2.45) is 0 Å². The third kappa shape index (κ3) is 2.48. The molecule has 0 radical (unpaired) electrons. The van der Waals surface area contributed by atoms with Crippen molar-refractivity contribution in [3.63, 3.8) is 0 Å². The fraction of sp³-hybridized carbons (Fsp3) is 0.462. The third-order valence-corrected chi connectivity index (χ3v) is 5.72. The smallest absolute Gasteiger partial charge is 0.167 e. The van der Waals surface area contributed by atoms with Crippen molar-refractivity contribution in [2.45, 2.75) is 18.3 Å². The number of sulfone groups is 1. The minimum absolute atomic E-state index is 0.0576. The monoisotopic (exact) mass is 332 g/mol. The molecule has 1 unspecified atom stereocenters. The Kier molecular flexibility index (Phi) is 3.57. The van der Waals surface area contributed by atoms with Crippen molar-refractivity contribution in [1.82, 2.24) is 9.55 Å². The molecule has 1 atom stereocenters. The molecule has 3 rings (SSSR count). The maximum Gasteiger partial charge on any atom is 0.167 e. The molecule has 1 aliphatic heterocycles. The van der Waals surface area contributed by atoms with Gasteiger partial charge in [0.2, 0.25) is 0 Å². The highest BCUT2D eigenvalue weighted by molar-refractivity contribution is 7.91. The lowest BCUT2D eigenvalue weighted by atomic mass is 10.2. The molecule has 0 amide bonds. The molecular weight excluding hydrogens is 319 g/mol. The van der Waals surface area contributed by atoms with Crippen LogP contribution in [0, 0.1) is 5.82 Å². The molecule has 0 saturated carbocycles. The number of hydrogen-bond acceptors (Lipinski definition) is 4. The van der Waals surface area contributed by atoms with Crippen LogP contribution < -0.4 is 4.74 Å². The van der Waals surface area contributed by atoms with E-state index in [0.717, 1.165) is 0 Å². The molecule has 2 aromatic rings. The van der Waals surface area contributed by atoms with Crippen LogP contribution in [0.3, 0.4) is 0 Å². The zero-order valence-corrected chi connectivity index (χ0v) is 12.9. The number of hydrogen-bond donors (Lipinski definition) is 0. The first-order chi connectivity index (χ1) is 9.95. The number of nitrogens with zero attached hydrogens (tertiary/aromatic N) is 2. The second-order valence-electron chi connectivity index (χ2n) is 5.06. The molecule has 114 valence electrons. The summed E-state index contributed by atoms with van der Waals surface area (Å²) in [5.41, 5.74) is 1.10. The van der Waals surface area contributed by atoms with Crippen LogP contribution in [0.15, 0.2) is 12.1 Å². The predicted molar refractivity (Wildman–Crippen MR) is 78.1 cm³/mol. The predicted octanol–water partition coefficient (Wildman–Crippen LogP) is 2.28. The zero-order chi connectivity index (χ0) is 15.2.